The van der Waals surface area contributed by atoms with Crippen LogP contribution in [0.15, 0.2) is 18.2 Å². The highest BCUT2D eigenvalue weighted by Gasteiger charge is 2.60. The number of benzene rings is 1. The van der Waals surface area contributed by atoms with Crippen LogP contribution in [0.3, 0.4) is 0 Å². The van der Waals surface area contributed by atoms with Gasteiger partial charge in [-0.05, 0) is 48.8 Å². The van der Waals surface area contributed by atoms with E-state index in [2.05, 4.69) is 0 Å². The highest BCUT2D eigenvalue weighted by molar-refractivity contribution is 6.35. The van der Waals surface area contributed by atoms with E-state index in [4.69, 9.17) is 23.2 Å². The number of rotatable bonds is 2. The van der Waals surface area contributed by atoms with Gasteiger partial charge in [-0.2, -0.15) is 0 Å². The molecule has 1 N–H and O–H groups in total. The van der Waals surface area contributed by atoms with E-state index in [9.17, 15) is 9.90 Å². The molecule has 0 heterocycles. The summed E-state index contributed by atoms with van der Waals surface area (Å²) in [5.74, 6) is -0.752. The Bertz CT molecular complexity index is 539. The predicted octanol–water partition coefficient (Wildman–Crippen LogP) is 5.06. The van der Waals surface area contributed by atoms with E-state index in [1.54, 1.807) is 18.2 Å². The zero-order valence-corrected chi connectivity index (χ0v) is 12.8. The third kappa shape index (κ3) is 2.14. The maximum atomic E-state index is 11.9. The molecule has 2 aliphatic carbocycles. The normalized spacial score (nSPS) is 23.3. The van der Waals surface area contributed by atoms with E-state index in [0.717, 1.165) is 31.2 Å². The number of hydrogen-bond acceptors (Lipinski definition) is 1. The molecule has 1 aromatic carbocycles. The lowest BCUT2D eigenvalue weighted by Gasteiger charge is -2.56. The van der Waals surface area contributed by atoms with Crippen LogP contribution >= 0.6 is 23.2 Å². The molecule has 0 saturated heterocycles. The first-order valence-corrected chi connectivity index (χ1v) is 7.92. The van der Waals surface area contributed by atoms with Crippen LogP contribution in [0.25, 0.3) is 0 Å². The number of hydrogen-bond donors (Lipinski definition) is 1. The van der Waals surface area contributed by atoms with Gasteiger partial charge in [-0.25, -0.2) is 0 Å². The Kier molecular flexibility index (Phi) is 3.50. The molecule has 20 heavy (non-hydrogen) atoms. The number of carboxylic acids is 1. The van der Waals surface area contributed by atoms with Crippen molar-refractivity contribution in [1.29, 1.82) is 0 Å². The number of carbonyl (C=O) groups is 1. The van der Waals surface area contributed by atoms with Crippen LogP contribution in [0.4, 0.5) is 0 Å². The summed E-state index contributed by atoms with van der Waals surface area (Å²) in [5.41, 5.74) is 0.158. The molecule has 0 bridgehead atoms. The molecule has 2 nitrogen and oxygen atoms in total. The van der Waals surface area contributed by atoms with Crippen molar-refractivity contribution >= 4 is 29.2 Å². The predicted molar refractivity (Wildman–Crippen MR) is 80.5 cm³/mol. The van der Waals surface area contributed by atoms with Gasteiger partial charge >= 0.3 is 5.97 Å². The molecule has 2 saturated carbocycles. The van der Waals surface area contributed by atoms with Crippen molar-refractivity contribution in [3.8, 4) is 0 Å². The van der Waals surface area contributed by atoms with Gasteiger partial charge in [-0.3, -0.25) is 4.79 Å². The van der Waals surface area contributed by atoms with Crippen molar-refractivity contribution in [2.45, 2.75) is 50.4 Å². The lowest BCUT2D eigenvalue weighted by molar-refractivity contribution is -0.156. The second-order valence-corrected chi connectivity index (χ2v) is 7.27. The van der Waals surface area contributed by atoms with E-state index in [-0.39, 0.29) is 5.41 Å². The largest absolute Gasteiger partial charge is 0.481 e. The Morgan fingerprint density at radius 2 is 1.75 bits per heavy atom. The summed E-state index contributed by atoms with van der Waals surface area (Å²) in [5, 5.41) is 10.8. The van der Waals surface area contributed by atoms with Crippen molar-refractivity contribution in [2.75, 3.05) is 0 Å². The summed E-state index contributed by atoms with van der Waals surface area (Å²) in [4.78, 5) is 11.9. The molecule has 2 aliphatic rings. The topological polar surface area (TPSA) is 37.3 Å². The Balaban J connectivity index is 1.93. The molecule has 4 heteroatoms. The molecule has 1 aromatic rings. The zero-order chi connectivity index (χ0) is 14.4. The lowest BCUT2D eigenvalue weighted by Crippen LogP contribution is -2.55. The molecule has 3 rings (SSSR count). The van der Waals surface area contributed by atoms with Gasteiger partial charge in [0.2, 0.25) is 0 Å². The van der Waals surface area contributed by atoms with Crippen LogP contribution in [0, 0.1) is 5.41 Å². The van der Waals surface area contributed by atoms with Crippen LogP contribution in [0.1, 0.15) is 50.5 Å². The molecule has 0 atom stereocenters. The zero-order valence-electron chi connectivity index (χ0n) is 11.3. The lowest BCUT2D eigenvalue weighted by atomic mass is 9.46. The summed E-state index contributed by atoms with van der Waals surface area (Å²) in [6.07, 6.45) is 7.49. The van der Waals surface area contributed by atoms with Crippen molar-refractivity contribution < 1.29 is 9.90 Å². The average Bonchev–Trinajstić information content (AvgIpc) is 2.36. The summed E-state index contributed by atoms with van der Waals surface area (Å²) >= 11 is 12.2. The highest BCUT2D eigenvalue weighted by Crippen LogP contribution is 2.62. The SMILES string of the molecule is O=C(O)C1(c2ccc(Cl)cc2Cl)CC2(CCCCC2)C1. The number of carboxylic acid groups (broad SMARTS) is 1. The standard InChI is InChI=1S/C16H18Cl2O2/c17-11-4-5-12(13(18)8-11)16(14(19)20)9-15(10-16)6-2-1-3-7-15/h4-5,8H,1-3,6-7,9-10H2,(H,19,20). The molecule has 0 aromatic heterocycles. The Morgan fingerprint density at radius 1 is 1.10 bits per heavy atom. The van der Waals surface area contributed by atoms with Crippen LogP contribution in [-0.2, 0) is 10.2 Å². The third-order valence-electron chi connectivity index (χ3n) is 5.12. The smallest absolute Gasteiger partial charge is 0.314 e. The van der Waals surface area contributed by atoms with E-state index >= 15 is 0 Å². The van der Waals surface area contributed by atoms with Crippen LogP contribution in [0.2, 0.25) is 10.0 Å². The summed E-state index contributed by atoms with van der Waals surface area (Å²) in [7, 11) is 0. The number of aliphatic carboxylic acids is 1. The second kappa shape index (κ2) is 4.92. The van der Waals surface area contributed by atoms with Gasteiger partial charge in [0, 0.05) is 10.0 Å². The maximum absolute atomic E-state index is 11.9. The molecule has 0 unspecified atom stereocenters. The van der Waals surface area contributed by atoms with Gasteiger partial charge in [0.25, 0.3) is 0 Å². The minimum Gasteiger partial charge on any atom is -0.481 e. The Hall–Kier alpha value is -0.730. The number of halogens is 2. The molecular weight excluding hydrogens is 295 g/mol. The average molecular weight is 313 g/mol. The fourth-order valence-corrected chi connectivity index (χ4v) is 4.81. The van der Waals surface area contributed by atoms with E-state index in [1.165, 1.54) is 19.3 Å². The van der Waals surface area contributed by atoms with Crippen LogP contribution < -0.4 is 0 Å². The molecular formula is C16H18Cl2O2. The van der Waals surface area contributed by atoms with Gasteiger partial charge in [0.1, 0.15) is 0 Å². The Morgan fingerprint density at radius 3 is 2.30 bits per heavy atom. The van der Waals surface area contributed by atoms with Gasteiger partial charge in [-0.15, -0.1) is 0 Å². The summed E-state index contributed by atoms with van der Waals surface area (Å²) in [6, 6.07) is 5.17. The van der Waals surface area contributed by atoms with Gasteiger partial charge in [-0.1, -0.05) is 48.5 Å². The first-order valence-electron chi connectivity index (χ1n) is 7.17. The maximum Gasteiger partial charge on any atom is 0.314 e. The molecule has 0 aliphatic heterocycles. The van der Waals surface area contributed by atoms with Crippen LogP contribution in [0.5, 0.6) is 0 Å². The summed E-state index contributed by atoms with van der Waals surface area (Å²) < 4.78 is 0. The fourth-order valence-electron chi connectivity index (χ4n) is 4.22. The second-order valence-electron chi connectivity index (χ2n) is 6.43. The van der Waals surface area contributed by atoms with Crippen LogP contribution in [-0.4, -0.2) is 11.1 Å². The van der Waals surface area contributed by atoms with E-state index in [1.807, 2.05) is 0 Å². The molecule has 0 radical (unpaired) electrons. The molecule has 2 fully saturated rings. The van der Waals surface area contributed by atoms with Gasteiger partial charge in [0.05, 0.1) is 5.41 Å². The molecule has 1 spiro atoms. The van der Waals surface area contributed by atoms with Crippen molar-refractivity contribution in [3.05, 3.63) is 33.8 Å². The summed E-state index contributed by atoms with van der Waals surface area (Å²) in [6.45, 7) is 0. The Labute approximate surface area is 129 Å². The molecule has 108 valence electrons. The molecule has 0 amide bonds. The minimum absolute atomic E-state index is 0.236. The quantitative estimate of drug-likeness (QED) is 0.828. The highest BCUT2D eigenvalue weighted by atomic mass is 35.5. The third-order valence-corrected chi connectivity index (χ3v) is 5.67. The first kappa shape index (κ1) is 14.2. The van der Waals surface area contributed by atoms with Crippen molar-refractivity contribution in [3.63, 3.8) is 0 Å². The van der Waals surface area contributed by atoms with Crippen molar-refractivity contribution in [1.82, 2.24) is 0 Å². The minimum atomic E-state index is -0.807. The fraction of sp³-hybridized carbons (Fsp3) is 0.562. The van der Waals surface area contributed by atoms with Gasteiger partial charge in [0.15, 0.2) is 0 Å². The van der Waals surface area contributed by atoms with Crippen molar-refractivity contribution in [2.24, 2.45) is 5.41 Å². The van der Waals surface area contributed by atoms with E-state index < -0.39 is 11.4 Å². The first-order chi connectivity index (χ1) is 9.47. The monoisotopic (exact) mass is 312 g/mol. The van der Waals surface area contributed by atoms with Gasteiger partial charge < -0.3 is 5.11 Å². The van der Waals surface area contributed by atoms with E-state index in [0.29, 0.717) is 10.0 Å².